The maximum Gasteiger partial charge on any atom is 0.0362 e. The van der Waals surface area contributed by atoms with Crippen LogP contribution in [0, 0.1) is 0 Å². The Morgan fingerprint density at radius 2 is 2.18 bits per heavy atom. The summed E-state index contributed by atoms with van der Waals surface area (Å²) in [7, 11) is -0.623. The van der Waals surface area contributed by atoms with Crippen molar-refractivity contribution in [2.75, 3.05) is 12.3 Å². The lowest BCUT2D eigenvalue weighted by molar-refractivity contribution is 0.666. The maximum absolute atomic E-state index is 11.2. The van der Waals surface area contributed by atoms with E-state index in [4.69, 9.17) is 0 Å². The van der Waals surface area contributed by atoms with Crippen LogP contribution in [0.1, 0.15) is 26.7 Å². The highest BCUT2D eigenvalue weighted by Crippen LogP contribution is 2.17. The van der Waals surface area contributed by atoms with Gasteiger partial charge in [-0.25, -0.2) is 0 Å². The van der Waals surface area contributed by atoms with Gasteiger partial charge >= 0.3 is 0 Å². The molecule has 0 radical (unpaired) electrons. The van der Waals surface area contributed by atoms with Crippen molar-refractivity contribution < 1.29 is 4.21 Å². The first-order chi connectivity index (χ1) is 5.20. The van der Waals surface area contributed by atoms with E-state index in [0.717, 1.165) is 18.3 Å². The summed E-state index contributed by atoms with van der Waals surface area (Å²) in [5.74, 6) is 0.814. The van der Waals surface area contributed by atoms with Gasteiger partial charge in [-0.15, -0.1) is 0 Å². The molecule has 1 atom stereocenters. The fraction of sp³-hybridized carbons (Fsp3) is 1.00. The molecule has 1 unspecified atom stereocenters. The Bertz CT molecular complexity index is 143. The summed E-state index contributed by atoms with van der Waals surface area (Å²) >= 11 is 0. The number of hydrogen-bond donors (Lipinski definition) is 1. The van der Waals surface area contributed by atoms with E-state index >= 15 is 0 Å². The lowest BCUT2D eigenvalue weighted by atomic mass is 10.6. The minimum absolute atomic E-state index is 0.316. The molecule has 0 heterocycles. The van der Waals surface area contributed by atoms with Crippen molar-refractivity contribution >= 4 is 10.8 Å². The molecule has 3 heteroatoms. The number of hydrogen-bond acceptors (Lipinski definition) is 2. The fourth-order valence-electron chi connectivity index (χ4n) is 0.887. The van der Waals surface area contributed by atoms with E-state index in [1.54, 1.807) is 0 Å². The molecule has 1 fully saturated rings. The van der Waals surface area contributed by atoms with Crippen LogP contribution >= 0.6 is 0 Å². The normalized spacial score (nSPS) is 20.6. The summed E-state index contributed by atoms with van der Waals surface area (Å²) < 4.78 is 11.2. The van der Waals surface area contributed by atoms with E-state index < -0.39 is 10.8 Å². The molecule has 11 heavy (non-hydrogen) atoms. The van der Waals surface area contributed by atoms with Crippen LogP contribution in [0.5, 0.6) is 0 Å². The Kier molecular flexibility index (Phi) is 3.52. The molecule has 0 spiro atoms. The zero-order valence-corrected chi connectivity index (χ0v) is 8.12. The predicted octanol–water partition coefficient (Wildman–Crippen LogP) is 0.895. The molecule has 66 valence electrons. The number of nitrogens with one attached hydrogen (secondary N) is 1. The van der Waals surface area contributed by atoms with Crippen LogP contribution in [-0.2, 0) is 10.8 Å². The van der Waals surface area contributed by atoms with Crippen molar-refractivity contribution in [1.29, 1.82) is 0 Å². The molecule has 0 bridgehead atoms. The van der Waals surface area contributed by atoms with Crippen molar-refractivity contribution in [2.24, 2.45) is 0 Å². The van der Waals surface area contributed by atoms with Gasteiger partial charge < -0.3 is 5.32 Å². The molecule has 2 nitrogen and oxygen atoms in total. The van der Waals surface area contributed by atoms with Crippen LogP contribution in [0.2, 0.25) is 0 Å². The van der Waals surface area contributed by atoms with Gasteiger partial charge in [0.05, 0.1) is 0 Å². The molecule has 1 N–H and O–H groups in total. The van der Waals surface area contributed by atoms with Gasteiger partial charge in [0.1, 0.15) is 0 Å². The average molecular weight is 175 g/mol. The van der Waals surface area contributed by atoms with E-state index in [2.05, 4.69) is 5.32 Å². The van der Waals surface area contributed by atoms with Gasteiger partial charge in [0.2, 0.25) is 0 Å². The topological polar surface area (TPSA) is 29.1 Å². The van der Waals surface area contributed by atoms with E-state index in [0.29, 0.717) is 5.25 Å². The molecule has 1 aliphatic carbocycles. The van der Waals surface area contributed by atoms with Crippen molar-refractivity contribution in [3.05, 3.63) is 0 Å². The van der Waals surface area contributed by atoms with Gasteiger partial charge in [-0.3, -0.25) is 4.21 Å². The Morgan fingerprint density at radius 1 is 1.55 bits per heavy atom. The molecular formula is C8H17NOS. The van der Waals surface area contributed by atoms with E-state index in [-0.39, 0.29) is 0 Å². The molecular weight excluding hydrogens is 158 g/mol. The fourth-order valence-corrected chi connectivity index (χ4v) is 1.68. The van der Waals surface area contributed by atoms with Gasteiger partial charge in [-0.05, 0) is 12.8 Å². The third-order valence-corrected chi connectivity index (χ3v) is 3.50. The molecule has 1 rings (SSSR count). The third-order valence-electron chi connectivity index (χ3n) is 1.84. The van der Waals surface area contributed by atoms with E-state index in [1.807, 2.05) is 13.8 Å². The summed E-state index contributed by atoms with van der Waals surface area (Å²) in [4.78, 5) is 0. The largest absolute Gasteiger partial charge is 0.313 e. The summed E-state index contributed by atoms with van der Waals surface area (Å²) in [6.45, 7) is 4.94. The van der Waals surface area contributed by atoms with Gasteiger partial charge in [0.25, 0.3) is 0 Å². The predicted molar refractivity (Wildman–Crippen MR) is 49.2 cm³/mol. The van der Waals surface area contributed by atoms with Crippen LogP contribution in [0.4, 0.5) is 0 Å². The van der Waals surface area contributed by atoms with Crippen molar-refractivity contribution in [2.45, 2.75) is 38.0 Å². The second-order valence-electron chi connectivity index (χ2n) is 3.36. The first-order valence-electron chi connectivity index (χ1n) is 4.30. The molecule has 0 saturated heterocycles. The van der Waals surface area contributed by atoms with Crippen LogP contribution < -0.4 is 5.32 Å². The number of rotatable bonds is 5. The molecule has 1 aliphatic rings. The van der Waals surface area contributed by atoms with Crippen molar-refractivity contribution in [1.82, 2.24) is 5.32 Å². The first kappa shape index (κ1) is 9.20. The summed E-state index contributed by atoms with van der Waals surface area (Å²) in [5, 5.41) is 3.67. The van der Waals surface area contributed by atoms with Crippen molar-refractivity contribution in [3.8, 4) is 0 Å². The van der Waals surface area contributed by atoms with Gasteiger partial charge in [-0.1, -0.05) is 13.8 Å². The Hall–Kier alpha value is 0.110. The molecule has 0 aliphatic heterocycles. The minimum atomic E-state index is -0.623. The molecule has 0 aromatic heterocycles. The van der Waals surface area contributed by atoms with Crippen LogP contribution in [0.3, 0.4) is 0 Å². The highest BCUT2D eigenvalue weighted by Gasteiger charge is 2.20. The summed E-state index contributed by atoms with van der Waals surface area (Å²) in [5.41, 5.74) is 0. The van der Waals surface area contributed by atoms with E-state index in [9.17, 15) is 4.21 Å². The molecule has 0 aromatic rings. The van der Waals surface area contributed by atoms with Crippen molar-refractivity contribution in [3.63, 3.8) is 0 Å². The maximum atomic E-state index is 11.2. The summed E-state index contributed by atoms with van der Waals surface area (Å²) in [6, 6.07) is 0.749. The Labute approximate surface area is 71.2 Å². The second kappa shape index (κ2) is 4.21. The first-order valence-corrected chi connectivity index (χ1v) is 5.69. The summed E-state index contributed by atoms with van der Waals surface area (Å²) in [6.07, 6.45) is 2.63. The Morgan fingerprint density at radius 3 is 2.64 bits per heavy atom. The molecule has 0 amide bonds. The second-order valence-corrected chi connectivity index (χ2v) is 5.47. The van der Waals surface area contributed by atoms with E-state index in [1.165, 1.54) is 12.8 Å². The van der Waals surface area contributed by atoms with Crippen LogP contribution in [0.15, 0.2) is 0 Å². The average Bonchev–Trinajstić information content (AvgIpc) is 2.71. The zero-order chi connectivity index (χ0) is 8.27. The lowest BCUT2D eigenvalue weighted by Crippen LogP contribution is -2.24. The van der Waals surface area contributed by atoms with Gasteiger partial charge in [0, 0.05) is 34.4 Å². The molecule has 0 aromatic carbocycles. The molecule has 1 saturated carbocycles. The van der Waals surface area contributed by atoms with Crippen LogP contribution in [0.25, 0.3) is 0 Å². The standard InChI is InChI=1S/C8H17NOS/c1-7(2)11(10)6-5-9-8-3-4-8/h7-9H,3-6H2,1-2H3. The lowest BCUT2D eigenvalue weighted by Gasteiger charge is -2.05. The third kappa shape index (κ3) is 3.87. The zero-order valence-electron chi connectivity index (χ0n) is 7.30. The Balaban J connectivity index is 1.96. The highest BCUT2D eigenvalue weighted by atomic mass is 32.2. The van der Waals surface area contributed by atoms with Gasteiger partial charge in [0.15, 0.2) is 0 Å². The van der Waals surface area contributed by atoms with Gasteiger partial charge in [-0.2, -0.15) is 0 Å². The highest BCUT2D eigenvalue weighted by molar-refractivity contribution is 7.85. The quantitative estimate of drug-likeness (QED) is 0.672. The minimum Gasteiger partial charge on any atom is -0.313 e. The smallest absolute Gasteiger partial charge is 0.0362 e. The van der Waals surface area contributed by atoms with Crippen LogP contribution in [-0.4, -0.2) is 27.8 Å². The SMILES string of the molecule is CC(C)S(=O)CCNC1CC1. The monoisotopic (exact) mass is 175 g/mol.